The average Bonchev–Trinajstić information content (AvgIpc) is 2.92. The molecule has 0 atom stereocenters. The van der Waals surface area contributed by atoms with Crippen molar-refractivity contribution < 1.29 is 14.6 Å². The van der Waals surface area contributed by atoms with E-state index < -0.39 is 5.97 Å². The fourth-order valence-electron chi connectivity index (χ4n) is 1.65. The van der Waals surface area contributed by atoms with Gasteiger partial charge in [0.2, 0.25) is 0 Å². The van der Waals surface area contributed by atoms with E-state index in [4.69, 9.17) is 15.1 Å². The van der Waals surface area contributed by atoms with Crippen molar-refractivity contribution in [3.63, 3.8) is 0 Å². The van der Waals surface area contributed by atoms with E-state index in [2.05, 4.69) is 4.98 Å². The third-order valence-corrected chi connectivity index (χ3v) is 2.74. The van der Waals surface area contributed by atoms with Gasteiger partial charge in [0.05, 0.1) is 36.5 Å². The maximum Gasteiger partial charge on any atom is 0.326 e. The lowest BCUT2D eigenvalue weighted by Gasteiger charge is -2.07. The molecule has 0 radical (unpaired) electrons. The second kappa shape index (κ2) is 6.50. The Bertz CT molecular complexity index is 626. The highest BCUT2D eigenvalue weighted by molar-refractivity contribution is 5.69. The molecule has 20 heavy (non-hydrogen) atoms. The normalized spacial score (nSPS) is 10.0. The van der Waals surface area contributed by atoms with E-state index in [-0.39, 0.29) is 19.8 Å². The second-order valence-electron chi connectivity index (χ2n) is 4.14. The van der Waals surface area contributed by atoms with Gasteiger partial charge in [0, 0.05) is 0 Å². The SMILES string of the molecule is N#Cc1ccc(COC(=O)Cn2cncc2CO)cc1. The van der Waals surface area contributed by atoms with Gasteiger partial charge in [-0.25, -0.2) is 4.98 Å². The number of aromatic nitrogens is 2. The smallest absolute Gasteiger partial charge is 0.326 e. The van der Waals surface area contributed by atoms with E-state index in [1.54, 1.807) is 24.3 Å². The van der Waals surface area contributed by atoms with Crippen molar-refractivity contribution in [3.05, 3.63) is 53.6 Å². The molecule has 0 aliphatic heterocycles. The van der Waals surface area contributed by atoms with Crippen LogP contribution in [0.1, 0.15) is 16.8 Å². The van der Waals surface area contributed by atoms with Gasteiger partial charge in [-0.2, -0.15) is 5.26 Å². The van der Waals surface area contributed by atoms with E-state index in [0.717, 1.165) is 5.56 Å². The van der Waals surface area contributed by atoms with Gasteiger partial charge in [-0.05, 0) is 17.7 Å². The summed E-state index contributed by atoms with van der Waals surface area (Å²) in [5.74, 6) is -0.415. The molecule has 6 heteroatoms. The Morgan fingerprint density at radius 1 is 1.40 bits per heavy atom. The highest BCUT2D eigenvalue weighted by atomic mass is 16.5. The molecule has 6 nitrogen and oxygen atoms in total. The summed E-state index contributed by atoms with van der Waals surface area (Å²) in [5.41, 5.74) is 1.93. The lowest BCUT2D eigenvalue weighted by molar-refractivity contribution is -0.145. The van der Waals surface area contributed by atoms with Gasteiger partial charge in [-0.15, -0.1) is 0 Å². The monoisotopic (exact) mass is 271 g/mol. The maximum absolute atomic E-state index is 11.7. The third-order valence-electron chi connectivity index (χ3n) is 2.74. The van der Waals surface area contributed by atoms with Gasteiger partial charge in [0.25, 0.3) is 0 Å². The Kier molecular flexibility index (Phi) is 4.47. The Labute approximate surface area is 115 Å². The van der Waals surface area contributed by atoms with Crippen LogP contribution in [-0.4, -0.2) is 20.6 Å². The van der Waals surface area contributed by atoms with Gasteiger partial charge in [-0.1, -0.05) is 12.1 Å². The maximum atomic E-state index is 11.7. The van der Waals surface area contributed by atoms with Crippen LogP contribution in [0.25, 0.3) is 0 Å². The van der Waals surface area contributed by atoms with Gasteiger partial charge in [-0.3, -0.25) is 4.79 Å². The standard InChI is InChI=1S/C14H13N3O3/c15-5-11-1-3-12(4-2-11)9-20-14(19)7-17-10-16-6-13(17)8-18/h1-4,6,10,18H,7-9H2. The molecule has 1 aromatic heterocycles. The zero-order chi connectivity index (χ0) is 14.4. The van der Waals surface area contributed by atoms with Crippen molar-refractivity contribution >= 4 is 5.97 Å². The molecule has 0 fully saturated rings. The van der Waals surface area contributed by atoms with Gasteiger partial charge in [0.1, 0.15) is 13.2 Å². The number of hydrogen-bond donors (Lipinski definition) is 1. The predicted octanol–water partition coefficient (Wildman–Crippen LogP) is 0.990. The van der Waals surface area contributed by atoms with Crippen LogP contribution in [0.5, 0.6) is 0 Å². The molecule has 0 amide bonds. The molecule has 0 saturated carbocycles. The van der Waals surface area contributed by atoms with Crippen molar-refractivity contribution in [3.8, 4) is 6.07 Å². The molecule has 1 N–H and O–H groups in total. The number of aliphatic hydroxyl groups excluding tert-OH is 1. The predicted molar refractivity (Wildman–Crippen MR) is 69.1 cm³/mol. The van der Waals surface area contributed by atoms with Crippen LogP contribution in [0.4, 0.5) is 0 Å². The quantitative estimate of drug-likeness (QED) is 0.819. The molecule has 0 bridgehead atoms. The summed E-state index contributed by atoms with van der Waals surface area (Å²) in [7, 11) is 0. The number of ether oxygens (including phenoxy) is 1. The largest absolute Gasteiger partial charge is 0.459 e. The molecule has 1 aromatic carbocycles. The Morgan fingerprint density at radius 3 is 2.80 bits per heavy atom. The first kappa shape index (κ1) is 13.8. The Hall–Kier alpha value is -2.65. The number of nitrogens with zero attached hydrogens (tertiary/aromatic N) is 3. The number of rotatable bonds is 5. The number of aliphatic hydroxyl groups is 1. The molecule has 2 aromatic rings. The van der Waals surface area contributed by atoms with Gasteiger partial charge >= 0.3 is 5.97 Å². The van der Waals surface area contributed by atoms with Crippen LogP contribution in [-0.2, 0) is 29.3 Å². The van der Waals surface area contributed by atoms with Crippen molar-refractivity contribution in [2.75, 3.05) is 0 Å². The highest BCUT2D eigenvalue weighted by Crippen LogP contribution is 2.06. The molecular formula is C14H13N3O3. The van der Waals surface area contributed by atoms with Crippen LogP contribution < -0.4 is 0 Å². The number of hydrogen-bond acceptors (Lipinski definition) is 5. The molecule has 0 spiro atoms. The first-order valence-electron chi connectivity index (χ1n) is 5.97. The van der Waals surface area contributed by atoms with E-state index in [1.165, 1.54) is 17.1 Å². The van der Waals surface area contributed by atoms with Crippen molar-refractivity contribution in [1.29, 1.82) is 5.26 Å². The minimum absolute atomic E-state index is 0.00612. The van der Waals surface area contributed by atoms with Crippen molar-refractivity contribution in [2.24, 2.45) is 0 Å². The van der Waals surface area contributed by atoms with Crippen LogP contribution in [0, 0.1) is 11.3 Å². The molecule has 0 aliphatic rings. The topological polar surface area (TPSA) is 88.1 Å². The molecule has 1 heterocycles. The molecular weight excluding hydrogens is 258 g/mol. The Morgan fingerprint density at radius 2 is 2.15 bits per heavy atom. The van der Waals surface area contributed by atoms with E-state index in [9.17, 15) is 4.79 Å². The van der Waals surface area contributed by atoms with Crippen LogP contribution in [0.3, 0.4) is 0 Å². The zero-order valence-electron chi connectivity index (χ0n) is 10.7. The number of nitriles is 1. The minimum Gasteiger partial charge on any atom is -0.459 e. The molecule has 0 unspecified atom stereocenters. The summed E-state index contributed by atoms with van der Waals surface area (Å²) < 4.78 is 6.65. The summed E-state index contributed by atoms with van der Waals surface area (Å²) in [4.78, 5) is 15.5. The fourth-order valence-corrected chi connectivity index (χ4v) is 1.65. The summed E-state index contributed by atoms with van der Waals surface area (Å²) in [6.45, 7) is -0.0250. The summed E-state index contributed by atoms with van der Waals surface area (Å²) in [6.07, 6.45) is 2.96. The molecule has 0 aliphatic carbocycles. The van der Waals surface area contributed by atoms with Crippen molar-refractivity contribution in [1.82, 2.24) is 9.55 Å². The lowest BCUT2D eigenvalue weighted by atomic mass is 10.2. The number of carbonyl (C=O) groups is 1. The lowest BCUT2D eigenvalue weighted by Crippen LogP contribution is -2.14. The third kappa shape index (κ3) is 3.43. The molecule has 2 rings (SSSR count). The van der Waals surface area contributed by atoms with E-state index in [0.29, 0.717) is 11.3 Å². The first-order valence-corrected chi connectivity index (χ1v) is 5.97. The van der Waals surface area contributed by atoms with E-state index in [1.807, 2.05) is 6.07 Å². The first-order chi connectivity index (χ1) is 9.72. The van der Waals surface area contributed by atoms with Crippen LogP contribution >= 0.6 is 0 Å². The number of benzene rings is 1. The summed E-state index contributed by atoms with van der Waals surface area (Å²) in [6, 6.07) is 8.84. The van der Waals surface area contributed by atoms with Crippen LogP contribution in [0.15, 0.2) is 36.8 Å². The highest BCUT2D eigenvalue weighted by Gasteiger charge is 2.08. The zero-order valence-corrected chi connectivity index (χ0v) is 10.7. The van der Waals surface area contributed by atoms with Crippen molar-refractivity contribution in [2.45, 2.75) is 19.8 Å². The number of carbonyl (C=O) groups excluding carboxylic acids is 1. The Balaban J connectivity index is 1.87. The molecule has 102 valence electrons. The van der Waals surface area contributed by atoms with E-state index >= 15 is 0 Å². The average molecular weight is 271 g/mol. The van der Waals surface area contributed by atoms with Gasteiger partial charge < -0.3 is 14.4 Å². The molecule has 0 saturated heterocycles. The minimum atomic E-state index is -0.415. The van der Waals surface area contributed by atoms with Gasteiger partial charge in [0.15, 0.2) is 0 Å². The second-order valence-corrected chi connectivity index (χ2v) is 4.14. The fraction of sp³-hybridized carbons (Fsp3) is 0.214. The summed E-state index contributed by atoms with van der Waals surface area (Å²) in [5, 5.41) is 17.7. The number of imidazole rings is 1. The number of esters is 1. The summed E-state index contributed by atoms with van der Waals surface area (Å²) >= 11 is 0. The van der Waals surface area contributed by atoms with Crippen LogP contribution in [0.2, 0.25) is 0 Å².